The molecular formula is C15H16N2O6S. The van der Waals surface area contributed by atoms with E-state index < -0.39 is 20.6 Å². The van der Waals surface area contributed by atoms with Gasteiger partial charge in [0.15, 0.2) is 4.90 Å². The molecule has 0 bridgehead atoms. The first-order valence-electron chi connectivity index (χ1n) is 6.83. The van der Waals surface area contributed by atoms with Gasteiger partial charge in [-0.1, -0.05) is 18.2 Å². The van der Waals surface area contributed by atoms with Crippen molar-refractivity contribution in [3.63, 3.8) is 0 Å². The predicted octanol–water partition coefficient (Wildman–Crippen LogP) is 2.09. The summed E-state index contributed by atoms with van der Waals surface area (Å²) in [6.45, 7) is -0.0818. The summed E-state index contributed by atoms with van der Waals surface area (Å²) < 4.78 is 37.4. The highest BCUT2D eigenvalue weighted by Crippen LogP contribution is 2.26. The number of ether oxygens (including phenoxy) is 2. The zero-order valence-corrected chi connectivity index (χ0v) is 13.9. The number of nitrogens with one attached hydrogen (secondary N) is 1. The second kappa shape index (κ2) is 7.28. The molecule has 0 aromatic heterocycles. The molecule has 0 unspecified atom stereocenters. The Morgan fingerprint density at radius 3 is 2.46 bits per heavy atom. The Hall–Kier alpha value is -2.65. The van der Waals surface area contributed by atoms with Crippen LogP contribution in [0.3, 0.4) is 0 Å². The number of nitrogens with zero attached hydrogens (tertiary/aromatic N) is 1. The lowest BCUT2D eigenvalue weighted by atomic mass is 10.2. The van der Waals surface area contributed by atoms with Gasteiger partial charge < -0.3 is 9.47 Å². The smallest absolute Gasteiger partial charge is 0.289 e. The molecule has 1 N–H and O–H groups in total. The fraction of sp³-hybridized carbons (Fsp3) is 0.200. The minimum atomic E-state index is -4.05. The van der Waals surface area contributed by atoms with Gasteiger partial charge >= 0.3 is 0 Å². The number of hydrogen-bond acceptors (Lipinski definition) is 6. The highest BCUT2D eigenvalue weighted by molar-refractivity contribution is 7.89. The Balaban J connectivity index is 2.27. The molecule has 0 fully saturated rings. The molecule has 8 nitrogen and oxygen atoms in total. The Kier molecular flexibility index (Phi) is 5.37. The number of nitro benzene ring substituents is 1. The van der Waals surface area contributed by atoms with Gasteiger partial charge in [0.2, 0.25) is 10.0 Å². The summed E-state index contributed by atoms with van der Waals surface area (Å²) in [6, 6.07) is 10.1. The molecule has 128 valence electrons. The van der Waals surface area contributed by atoms with Crippen LogP contribution in [0.1, 0.15) is 5.56 Å². The lowest BCUT2D eigenvalue weighted by molar-refractivity contribution is -0.387. The first-order valence-corrected chi connectivity index (χ1v) is 8.31. The molecule has 0 aliphatic carbocycles. The van der Waals surface area contributed by atoms with Gasteiger partial charge in [-0.25, -0.2) is 13.1 Å². The van der Waals surface area contributed by atoms with E-state index in [-0.39, 0.29) is 11.4 Å². The van der Waals surface area contributed by atoms with Gasteiger partial charge in [-0.05, 0) is 12.1 Å². The van der Waals surface area contributed by atoms with Crippen molar-refractivity contribution in [1.82, 2.24) is 4.72 Å². The van der Waals surface area contributed by atoms with E-state index in [0.29, 0.717) is 17.1 Å². The molecular weight excluding hydrogens is 336 g/mol. The fourth-order valence-electron chi connectivity index (χ4n) is 2.08. The van der Waals surface area contributed by atoms with Crippen molar-refractivity contribution in [2.45, 2.75) is 11.4 Å². The van der Waals surface area contributed by atoms with Crippen molar-refractivity contribution in [3.05, 3.63) is 58.1 Å². The van der Waals surface area contributed by atoms with Crippen molar-refractivity contribution < 1.29 is 22.8 Å². The molecule has 0 saturated carbocycles. The summed E-state index contributed by atoms with van der Waals surface area (Å²) >= 11 is 0. The lowest BCUT2D eigenvalue weighted by Crippen LogP contribution is -2.24. The fourth-order valence-corrected chi connectivity index (χ4v) is 3.26. The highest BCUT2D eigenvalue weighted by Gasteiger charge is 2.25. The van der Waals surface area contributed by atoms with Crippen molar-refractivity contribution in [2.75, 3.05) is 14.2 Å². The second-order valence-corrected chi connectivity index (χ2v) is 6.46. The molecule has 0 amide bonds. The van der Waals surface area contributed by atoms with Gasteiger partial charge in [0.25, 0.3) is 5.69 Å². The van der Waals surface area contributed by atoms with Gasteiger partial charge in [0.1, 0.15) is 11.5 Å². The quantitative estimate of drug-likeness (QED) is 0.604. The number of para-hydroxylation sites is 1. The Morgan fingerprint density at radius 2 is 1.83 bits per heavy atom. The summed E-state index contributed by atoms with van der Waals surface area (Å²) in [6.07, 6.45) is 0. The van der Waals surface area contributed by atoms with Crippen LogP contribution in [0.4, 0.5) is 5.69 Å². The third-order valence-corrected chi connectivity index (χ3v) is 4.75. The van der Waals surface area contributed by atoms with E-state index >= 15 is 0 Å². The van der Waals surface area contributed by atoms with E-state index in [0.717, 1.165) is 6.07 Å². The number of sulfonamides is 1. The molecule has 0 aliphatic heterocycles. The van der Waals surface area contributed by atoms with E-state index in [4.69, 9.17) is 9.47 Å². The van der Waals surface area contributed by atoms with Crippen LogP contribution in [-0.2, 0) is 16.6 Å². The molecule has 0 atom stereocenters. The van der Waals surface area contributed by atoms with Crippen LogP contribution < -0.4 is 14.2 Å². The van der Waals surface area contributed by atoms with E-state index in [9.17, 15) is 18.5 Å². The second-order valence-electron chi connectivity index (χ2n) is 4.73. The molecule has 2 aromatic carbocycles. The normalized spacial score (nSPS) is 11.1. The topological polar surface area (TPSA) is 108 Å². The van der Waals surface area contributed by atoms with Crippen molar-refractivity contribution >= 4 is 15.7 Å². The molecule has 0 aliphatic rings. The monoisotopic (exact) mass is 352 g/mol. The third-order valence-electron chi connectivity index (χ3n) is 3.30. The van der Waals surface area contributed by atoms with Crippen molar-refractivity contribution in [2.24, 2.45) is 0 Å². The molecule has 2 aromatic rings. The first-order chi connectivity index (χ1) is 11.4. The van der Waals surface area contributed by atoms with Gasteiger partial charge in [0.05, 0.1) is 19.1 Å². The Labute approximate surface area is 139 Å². The highest BCUT2D eigenvalue weighted by atomic mass is 32.2. The zero-order valence-electron chi connectivity index (χ0n) is 13.1. The molecule has 9 heteroatoms. The number of benzene rings is 2. The summed E-state index contributed by atoms with van der Waals surface area (Å²) in [5.41, 5.74) is 0.0900. The first kappa shape index (κ1) is 17.7. The zero-order chi connectivity index (χ0) is 17.7. The summed E-state index contributed by atoms with van der Waals surface area (Å²) in [5, 5.41) is 11.0. The van der Waals surface area contributed by atoms with Crippen LogP contribution in [0, 0.1) is 10.1 Å². The molecule has 24 heavy (non-hydrogen) atoms. The molecule has 0 radical (unpaired) electrons. The summed E-state index contributed by atoms with van der Waals surface area (Å²) in [7, 11) is -1.09. The van der Waals surface area contributed by atoms with Gasteiger partial charge in [0, 0.05) is 24.2 Å². The Morgan fingerprint density at radius 1 is 1.12 bits per heavy atom. The SMILES string of the molecule is COc1ccc(CNS(=O)(=O)c2ccccc2[N+](=O)[O-])c(OC)c1. The Bertz CT molecular complexity index is 851. The molecule has 2 rings (SSSR count). The predicted molar refractivity (Wildman–Crippen MR) is 86.7 cm³/mol. The minimum absolute atomic E-state index is 0.0818. The van der Waals surface area contributed by atoms with Crippen LogP contribution in [0.5, 0.6) is 11.5 Å². The van der Waals surface area contributed by atoms with Crippen LogP contribution in [-0.4, -0.2) is 27.6 Å². The number of nitro groups is 1. The summed E-state index contributed by atoms with van der Waals surface area (Å²) in [5.74, 6) is 1.01. The van der Waals surface area contributed by atoms with Crippen LogP contribution in [0.15, 0.2) is 47.4 Å². The molecule has 0 spiro atoms. The van der Waals surface area contributed by atoms with Crippen molar-refractivity contribution in [1.29, 1.82) is 0 Å². The number of hydrogen-bond donors (Lipinski definition) is 1. The van der Waals surface area contributed by atoms with Crippen LogP contribution in [0.2, 0.25) is 0 Å². The number of methoxy groups -OCH3 is 2. The van der Waals surface area contributed by atoms with Crippen LogP contribution in [0.25, 0.3) is 0 Å². The van der Waals surface area contributed by atoms with E-state index in [2.05, 4.69) is 4.72 Å². The lowest BCUT2D eigenvalue weighted by Gasteiger charge is -2.12. The molecule has 0 saturated heterocycles. The van der Waals surface area contributed by atoms with Crippen molar-refractivity contribution in [3.8, 4) is 11.5 Å². The van der Waals surface area contributed by atoms with Gasteiger partial charge in [-0.2, -0.15) is 0 Å². The maximum atomic E-state index is 12.4. The maximum Gasteiger partial charge on any atom is 0.289 e. The van der Waals surface area contributed by atoms with Gasteiger partial charge in [-0.3, -0.25) is 10.1 Å². The standard InChI is InChI=1S/C15H16N2O6S/c1-22-12-8-7-11(14(9-12)23-2)10-16-24(20,21)15-6-4-3-5-13(15)17(18)19/h3-9,16H,10H2,1-2H3. The minimum Gasteiger partial charge on any atom is -0.497 e. The maximum absolute atomic E-state index is 12.4. The average molecular weight is 352 g/mol. The third kappa shape index (κ3) is 3.81. The van der Waals surface area contributed by atoms with E-state index in [1.807, 2.05) is 0 Å². The largest absolute Gasteiger partial charge is 0.497 e. The van der Waals surface area contributed by atoms with E-state index in [1.54, 1.807) is 18.2 Å². The molecule has 0 heterocycles. The van der Waals surface area contributed by atoms with E-state index in [1.165, 1.54) is 32.4 Å². The number of rotatable bonds is 7. The van der Waals surface area contributed by atoms with Gasteiger partial charge in [-0.15, -0.1) is 0 Å². The summed E-state index contributed by atoms with van der Waals surface area (Å²) in [4.78, 5) is 9.87. The average Bonchev–Trinajstić information content (AvgIpc) is 2.59. The van der Waals surface area contributed by atoms with Crippen LogP contribution >= 0.6 is 0 Å².